The molecule has 9 heteroatoms. The van der Waals surface area contributed by atoms with E-state index in [9.17, 15) is 14.8 Å². The largest absolute Gasteiger partial charge is 0.569 e. The number of nitrogens with zero attached hydrogens (tertiary/aromatic N) is 3. The molecule has 1 aliphatic rings. The van der Waals surface area contributed by atoms with Crippen LogP contribution < -0.4 is 0 Å². The lowest BCUT2D eigenvalue weighted by atomic mass is 10.2. The molecule has 0 aromatic carbocycles. The van der Waals surface area contributed by atoms with Gasteiger partial charge in [0.15, 0.2) is 6.04 Å². The second kappa shape index (κ2) is 6.76. The summed E-state index contributed by atoms with van der Waals surface area (Å²) in [6.45, 7) is 3.31. The zero-order valence-electron chi connectivity index (χ0n) is 10.8. The highest BCUT2D eigenvalue weighted by Crippen LogP contribution is 2.17. The van der Waals surface area contributed by atoms with Crippen LogP contribution in [0.5, 0.6) is 0 Å². The maximum absolute atomic E-state index is 11.6. The summed E-state index contributed by atoms with van der Waals surface area (Å²) in [6.07, 6.45) is 0.146. The molecule has 9 nitrogen and oxygen atoms in total. The van der Waals surface area contributed by atoms with E-state index in [1.807, 2.05) is 0 Å². The van der Waals surface area contributed by atoms with Crippen molar-refractivity contribution in [1.82, 2.24) is 5.01 Å². The highest BCUT2D eigenvalue weighted by Gasteiger charge is 2.36. The van der Waals surface area contributed by atoms with Crippen LogP contribution in [0.1, 0.15) is 33.1 Å². The van der Waals surface area contributed by atoms with Gasteiger partial charge in [0.1, 0.15) is 0 Å². The molecule has 0 aromatic rings. The van der Waals surface area contributed by atoms with Gasteiger partial charge in [0, 0.05) is 13.3 Å². The fourth-order valence-electron chi connectivity index (χ4n) is 1.65. The number of rotatable bonds is 6. The fourth-order valence-corrected chi connectivity index (χ4v) is 1.65. The summed E-state index contributed by atoms with van der Waals surface area (Å²) in [5, 5.41) is 24.7. The molecule has 0 aromatic heterocycles. The van der Waals surface area contributed by atoms with Crippen LogP contribution in [0.2, 0.25) is 0 Å². The molecule has 1 unspecified atom stereocenters. The zero-order chi connectivity index (χ0) is 14.4. The van der Waals surface area contributed by atoms with Crippen molar-refractivity contribution in [3.8, 4) is 0 Å². The van der Waals surface area contributed by atoms with Gasteiger partial charge in [-0.2, -0.15) is 0 Å². The van der Waals surface area contributed by atoms with Gasteiger partial charge in [-0.25, -0.2) is 4.79 Å². The van der Waals surface area contributed by atoms with Crippen LogP contribution in [0.4, 0.5) is 0 Å². The lowest BCUT2D eigenvalue weighted by molar-refractivity contribution is -0.714. The minimum Gasteiger partial charge on any atom is -0.569 e. The average molecular weight is 275 g/mol. The summed E-state index contributed by atoms with van der Waals surface area (Å²) in [5.74, 6) is -1.57. The number of esters is 1. The van der Waals surface area contributed by atoms with Gasteiger partial charge in [0.2, 0.25) is 5.28 Å². The summed E-state index contributed by atoms with van der Waals surface area (Å²) < 4.78 is 4.73. The molecule has 1 saturated heterocycles. The van der Waals surface area contributed by atoms with Gasteiger partial charge < -0.3 is 15.1 Å². The minimum atomic E-state index is -1.08. The predicted octanol–water partition coefficient (Wildman–Crippen LogP) is 0.644. The lowest BCUT2D eigenvalue weighted by Gasteiger charge is -2.17. The van der Waals surface area contributed by atoms with Gasteiger partial charge in [-0.05, 0) is 12.8 Å². The van der Waals surface area contributed by atoms with Crippen molar-refractivity contribution in [1.29, 1.82) is 0 Å². The van der Waals surface area contributed by atoms with Gasteiger partial charge in [-0.1, -0.05) is 6.92 Å². The van der Waals surface area contributed by atoms with E-state index in [0.717, 1.165) is 5.01 Å². The molecule has 1 N–H and O–H groups in total. The van der Waals surface area contributed by atoms with Crippen molar-refractivity contribution in [2.45, 2.75) is 45.4 Å². The molecule has 2 atom stereocenters. The number of carbonyl (C=O) groups excluding carboxylic acids is 1. The molecule has 0 aliphatic carbocycles. The van der Waals surface area contributed by atoms with E-state index in [2.05, 4.69) is 10.1 Å². The molecule has 108 valence electrons. The van der Waals surface area contributed by atoms with Crippen molar-refractivity contribution in [2.75, 3.05) is 6.54 Å². The number of aliphatic carboxylic acids is 1. The average Bonchev–Trinajstić information content (AvgIpc) is 2.85. The molecule has 1 heterocycles. The first-order valence-corrected chi connectivity index (χ1v) is 5.98. The Hall–Kier alpha value is -2.06. The Labute approximate surface area is 109 Å². The summed E-state index contributed by atoms with van der Waals surface area (Å²) >= 11 is 0. The molecule has 0 radical (unpaired) electrons. The Morgan fingerprint density at radius 3 is 2.89 bits per heavy atom. The predicted molar refractivity (Wildman–Crippen MR) is 60.3 cm³/mol. The Morgan fingerprint density at radius 1 is 1.63 bits per heavy atom. The van der Waals surface area contributed by atoms with Crippen LogP contribution in [-0.4, -0.2) is 45.9 Å². The second-order valence-corrected chi connectivity index (χ2v) is 4.01. The first kappa shape index (κ1) is 15.0. The summed E-state index contributed by atoms with van der Waals surface area (Å²) in [5.41, 5.74) is 0. The number of hydrogen-bond donors (Lipinski definition) is 1. The Balaban J connectivity index is 2.52. The minimum absolute atomic E-state index is 0.0854. The van der Waals surface area contributed by atoms with E-state index in [1.165, 1.54) is 6.92 Å². The Kier molecular flexibility index (Phi) is 5.34. The van der Waals surface area contributed by atoms with Crippen molar-refractivity contribution in [3.63, 3.8) is 0 Å². The van der Waals surface area contributed by atoms with Crippen LogP contribution >= 0.6 is 0 Å². The molecule has 1 aliphatic heterocycles. The van der Waals surface area contributed by atoms with Gasteiger partial charge in [0.25, 0.3) is 6.29 Å². The summed E-state index contributed by atoms with van der Waals surface area (Å²) in [6, 6.07) is -0.904. The number of ether oxygens (including phenoxy) is 1. The van der Waals surface area contributed by atoms with Gasteiger partial charge >= 0.3 is 11.9 Å². The lowest BCUT2D eigenvalue weighted by Crippen LogP contribution is -2.40. The third kappa shape index (κ3) is 4.27. The zero-order valence-corrected chi connectivity index (χ0v) is 10.8. The maximum Gasteiger partial charge on any atom is 0.332 e. The van der Waals surface area contributed by atoms with Crippen LogP contribution in [0.3, 0.4) is 0 Å². The standard InChI is InChI=1S/C10H17N3O6/c1-3-9(14)18-7(2)19-11-13(17)12-6-4-5-8(12)10(15)16/h7-8H,3-6H2,1-2H3,(H,15,16)/t7?,8-/m0/s1. The third-order valence-electron chi connectivity index (χ3n) is 2.58. The molecular weight excluding hydrogens is 258 g/mol. The van der Waals surface area contributed by atoms with E-state index in [0.29, 0.717) is 12.8 Å². The number of hydrogen-bond acceptors (Lipinski definition) is 6. The highest BCUT2D eigenvalue weighted by molar-refractivity contribution is 5.73. The van der Waals surface area contributed by atoms with Gasteiger partial charge in [0.05, 0.1) is 11.5 Å². The fraction of sp³-hybridized carbons (Fsp3) is 0.800. The van der Waals surface area contributed by atoms with E-state index in [1.54, 1.807) is 6.92 Å². The van der Waals surface area contributed by atoms with Crippen LogP contribution in [-0.2, 0) is 19.2 Å². The third-order valence-corrected chi connectivity index (χ3v) is 2.58. The van der Waals surface area contributed by atoms with Crippen LogP contribution in [0.15, 0.2) is 5.28 Å². The van der Waals surface area contributed by atoms with E-state index < -0.39 is 24.3 Å². The number of carboxylic acid groups (broad SMARTS) is 1. The normalized spacial score (nSPS) is 21.1. The monoisotopic (exact) mass is 275 g/mol. The summed E-state index contributed by atoms with van der Waals surface area (Å²) in [4.78, 5) is 26.6. The van der Waals surface area contributed by atoms with E-state index >= 15 is 0 Å². The van der Waals surface area contributed by atoms with Gasteiger partial charge in [-0.3, -0.25) is 9.63 Å². The first-order valence-electron chi connectivity index (χ1n) is 5.98. The first-order chi connectivity index (χ1) is 8.95. The van der Waals surface area contributed by atoms with Crippen molar-refractivity contribution >= 4 is 11.9 Å². The number of carbonyl (C=O) groups is 2. The Bertz CT molecular complexity index is 372. The number of hydrazine groups is 1. The SMILES string of the molecule is CCC(=O)OC(C)ON=[N+]([O-])N1CCC[C@H]1C(=O)O. The molecule has 1 fully saturated rings. The quantitative estimate of drug-likeness (QED) is 0.249. The van der Waals surface area contributed by atoms with Crippen molar-refractivity contribution < 1.29 is 29.2 Å². The molecule has 0 saturated carbocycles. The molecule has 0 spiro atoms. The smallest absolute Gasteiger partial charge is 0.332 e. The second-order valence-electron chi connectivity index (χ2n) is 4.01. The van der Waals surface area contributed by atoms with Crippen molar-refractivity contribution in [3.05, 3.63) is 5.21 Å². The van der Waals surface area contributed by atoms with Gasteiger partial charge in [-0.15, -0.1) is 5.01 Å². The highest BCUT2D eigenvalue weighted by atomic mass is 16.8. The van der Waals surface area contributed by atoms with Crippen LogP contribution in [0.25, 0.3) is 0 Å². The topological polar surface area (TPSA) is 114 Å². The van der Waals surface area contributed by atoms with E-state index in [4.69, 9.17) is 9.84 Å². The molecule has 0 amide bonds. The molecule has 19 heavy (non-hydrogen) atoms. The molecular formula is C10H17N3O6. The van der Waals surface area contributed by atoms with E-state index in [-0.39, 0.29) is 17.9 Å². The maximum atomic E-state index is 11.6. The van der Waals surface area contributed by atoms with Crippen molar-refractivity contribution in [2.24, 2.45) is 5.28 Å². The molecule has 0 bridgehead atoms. The number of carboxylic acids is 1. The Morgan fingerprint density at radius 2 is 2.32 bits per heavy atom. The van der Waals surface area contributed by atoms with Crippen LogP contribution in [0, 0.1) is 5.21 Å². The molecule has 1 rings (SSSR count). The summed E-state index contributed by atoms with van der Waals surface area (Å²) in [7, 11) is 0.